The first-order chi connectivity index (χ1) is 9.56. The van der Waals surface area contributed by atoms with Crippen LogP contribution in [0.2, 0.25) is 0 Å². The molecule has 2 aromatic carbocycles. The maximum atomic E-state index is 5.48. The first kappa shape index (κ1) is 13.6. The van der Waals surface area contributed by atoms with Gasteiger partial charge in [-0.2, -0.15) is 0 Å². The fourth-order valence-corrected chi connectivity index (χ4v) is 3.04. The third-order valence-corrected chi connectivity index (χ3v) is 4.22. The molecule has 0 amide bonds. The number of rotatable bonds is 2. The fraction of sp³-hybridized carbons (Fsp3) is 0.188. The van der Waals surface area contributed by atoms with Gasteiger partial charge in [0.15, 0.2) is 4.77 Å². The second-order valence-electron chi connectivity index (χ2n) is 5.18. The molecule has 3 rings (SSSR count). The predicted octanol–water partition coefficient (Wildman–Crippen LogP) is 5.57. The minimum absolute atomic E-state index is 0.503. The Kier molecular flexibility index (Phi) is 3.52. The lowest BCUT2D eigenvalue weighted by Gasteiger charge is -2.09. The summed E-state index contributed by atoms with van der Waals surface area (Å²) >= 11 is 8.97. The molecule has 0 radical (unpaired) electrons. The van der Waals surface area contributed by atoms with E-state index in [-0.39, 0.29) is 0 Å². The zero-order chi connectivity index (χ0) is 14.3. The summed E-state index contributed by atoms with van der Waals surface area (Å²) in [5, 5.41) is 0. The molecule has 0 unspecified atom stereocenters. The van der Waals surface area contributed by atoms with E-state index in [1.165, 1.54) is 5.56 Å². The number of nitrogens with zero attached hydrogens (tertiary/aromatic N) is 1. The van der Waals surface area contributed by atoms with Gasteiger partial charge in [-0.05, 0) is 54.0 Å². The smallest absolute Gasteiger partial charge is 0.182 e. The summed E-state index contributed by atoms with van der Waals surface area (Å²) in [4.78, 5) is 3.26. The van der Waals surface area contributed by atoms with Crippen molar-refractivity contribution < 1.29 is 0 Å². The minimum atomic E-state index is 0.503. The van der Waals surface area contributed by atoms with Gasteiger partial charge in [0, 0.05) is 10.2 Å². The van der Waals surface area contributed by atoms with Crippen molar-refractivity contribution in [2.45, 2.75) is 19.8 Å². The Hall–Kier alpha value is -1.39. The summed E-state index contributed by atoms with van der Waals surface area (Å²) < 4.78 is 3.85. The van der Waals surface area contributed by atoms with E-state index in [0.29, 0.717) is 5.92 Å². The molecule has 0 fully saturated rings. The molecular formula is C16H15BrN2S. The van der Waals surface area contributed by atoms with Gasteiger partial charge in [0.2, 0.25) is 0 Å². The number of aromatic nitrogens is 2. The van der Waals surface area contributed by atoms with Crippen LogP contribution < -0.4 is 0 Å². The molecule has 0 saturated heterocycles. The second kappa shape index (κ2) is 5.19. The van der Waals surface area contributed by atoms with Crippen molar-refractivity contribution >= 4 is 39.2 Å². The van der Waals surface area contributed by atoms with Crippen LogP contribution in [0.25, 0.3) is 16.7 Å². The van der Waals surface area contributed by atoms with Crippen molar-refractivity contribution in [3.63, 3.8) is 0 Å². The molecule has 1 heterocycles. The molecule has 0 atom stereocenters. The van der Waals surface area contributed by atoms with Crippen LogP contribution in [0.5, 0.6) is 0 Å². The largest absolute Gasteiger partial charge is 0.330 e. The molecule has 1 N–H and O–H groups in total. The number of nitrogens with one attached hydrogen (secondary N) is 1. The molecule has 0 spiro atoms. The lowest BCUT2D eigenvalue weighted by Crippen LogP contribution is -1.96. The Morgan fingerprint density at radius 2 is 1.95 bits per heavy atom. The Balaban J connectivity index is 2.26. The number of benzene rings is 2. The first-order valence-electron chi connectivity index (χ1n) is 6.57. The van der Waals surface area contributed by atoms with Gasteiger partial charge in [-0.25, -0.2) is 0 Å². The van der Waals surface area contributed by atoms with Gasteiger partial charge >= 0.3 is 0 Å². The predicted molar refractivity (Wildman–Crippen MR) is 90.2 cm³/mol. The molecule has 2 nitrogen and oxygen atoms in total. The Morgan fingerprint density at radius 1 is 1.15 bits per heavy atom. The van der Waals surface area contributed by atoms with Crippen molar-refractivity contribution in [3.05, 3.63) is 57.3 Å². The average molecular weight is 347 g/mol. The molecule has 4 heteroatoms. The molecule has 1 aromatic heterocycles. The maximum absolute atomic E-state index is 5.48. The topological polar surface area (TPSA) is 20.7 Å². The second-order valence-corrected chi connectivity index (χ2v) is 6.48. The van der Waals surface area contributed by atoms with Crippen molar-refractivity contribution in [2.75, 3.05) is 0 Å². The third-order valence-electron chi connectivity index (χ3n) is 3.44. The summed E-state index contributed by atoms with van der Waals surface area (Å²) in [7, 11) is 0. The number of halogens is 1. The molecule has 0 saturated carbocycles. The van der Waals surface area contributed by atoms with Crippen LogP contribution in [0.4, 0.5) is 0 Å². The van der Waals surface area contributed by atoms with Gasteiger partial charge in [0.25, 0.3) is 0 Å². The van der Waals surface area contributed by atoms with Crippen LogP contribution >= 0.6 is 28.1 Å². The normalized spacial score (nSPS) is 11.4. The Bertz CT molecular complexity index is 830. The van der Waals surface area contributed by atoms with E-state index in [1.54, 1.807) is 0 Å². The summed E-state index contributed by atoms with van der Waals surface area (Å²) in [6.45, 7) is 4.40. The number of imidazole rings is 1. The average Bonchev–Trinajstić information content (AvgIpc) is 2.73. The molecule has 20 heavy (non-hydrogen) atoms. The van der Waals surface area contributed by atoms with Crippen LogP contribution in [0, 0.1) is 4.77 Å². The van der Waals surface area contributed by atoms with Gasteiger partial charge in [0.1, 0.15) is 0 Å². The van der Waals surface area contributed by atoms with Gasteiger partial charge in [-0.3, -0.25) is 4.57 Å². The van der Waals surface area contributed by atoms with Crippen molar-refractivity contribution in [3.8, 4) is 5.69 Å². The number of fused-ring (bicyclic) bond motifs is 1. The van der Waals surface area contributed by atoms with Crippen molar-refractivity contribution in [1.29, 1.82) is 0 Å². The molecule has 0 aliphatic carbocycles. The van der Waals surface area contributed by atoms with Crippen LogP contribution in [0.3, 0.4) is 0 Å². The van der Waals surface area contributed by atoms with E-state index >= 15 is 0 Å². The van der Waals surface area contributed by atoms with E-state index in [2.05, 4.69) is 69.7 Å². The van der Waals surface area contributed by atoms with Gasteiger partial charge in [-0.15, -0.1) is 0 Å². The summed E-state index contributed by atoms with van der Waals surface area (Å²) in [5.41, 5.74) is 4.56. The molecule has 102 valence electrons. The minimum Gasteiger partial charge on any atom is -0.330 e. The van der Waals surface area contributed by atoms with Crippen molar-refractivity contribution in [2.24, 2.45) is 0 Å². The standard InChI is InChI=1S/C16H15BrN2S/c1-10(2)11-4-3-5-13(8-11)19-15-7-6-12(17)9-14(15)18-16(19)20/h3-10H,1-2H3,(H,18,20). The van der Waals surface area contributed by atoms with E-state index < -0.39 is 0 Å². The lowest BCUT2D eigenvalue weighted by molar-refractivity contribution is 0.863. The first-order valence-corrected chi connectivity index (χ1v) is 7.77. The number of aromatic amines is 1. The zero-order valence-electron chi connectivity index (χ0n) is 11.4. The zero-order valence-corrected chi connectivity index (χ0v) is 13.8. The highest BCUT2D eigenvalue weighted by atomic mass is 79.9. The highest BCUT2D eigenvalue weighted by Gasteiger charge is 2.08. The van der Waals surface area contributed by atoms with Crippen LogP contribution in [-0.2, 0) is 0 Å². The summed E-state index contributed by atoms with van der Waals surface area (Å²) in [6, 6.07) is 14.7. The van der Waals surface area contributed by atoms with E-state index in [4.69, 9.17) is 12.2 Å². The van der Waals surface area contributed by atoms with Crippen LogP contribution in [-0.4, -0.2) is 9.55 Å². The van der Waals surface area contributed by atoms with Gasteiger partial charge in [-0.1, -0.05) is 41.9 Å². The van der Waals surface area contributed by atoms with Gasteiger partial charge < -0.3 is 4.98 Å². The monoisotopic (exact) mass is 346 g/mol. The quantitative estimate of drug-likeness (QED) is 0.601. The van der Waals surface area contributed by atoms with Crippen LogP contribution in [0.15, 0.2) is 46.9 Å². The molecular weight excluding hydrogens is 332 g/mol. The number of hydrogen-bond acceptors (Lipinski definition) is 1. The molecule has 0 aliphatic heterocycles. The summed E-state index contributed by atoms with van der Waals surface area (Å²) in [5.74, 6) is 0.503. The molecule has 0 bridgehead atoms. The third kappa shape index (κ3) is 2.34. The van der Waals surface area contributed by atoms with E-state index in [1.807, 2.05) is 12.1 Å². The molecule has 0 aliphatic rings. The Morgan fingerprint density at radius 3 is 2.70 bits per heavy atom. The lowest BCUT2D eigenvalue weighted by atomic mass is 10.0. The number of H-pyrrole nitrogens is 1. The number of hydrogen-bond donors (Lipinski definition) is 1. The summed E-state index contributed by atoms with van der Waals surface area (Å²) in [6.07, 6.45) is 0. The van der Waals surface area contributed by atoms with Gasteiger partial charge in [0.05, 0.1) is 11.0 Å². The fourth-order valence-electron chi connectivity index (χ4n) is 2.36. The highest BCUT2D eigenvalue weighted by Crippen LogP contribution is 2.24. The Labute approximate surface area is 131 Å². The maximum Gasteiger partial charge on any atom is 0.182 e. The van der Waals surface area contributed by atoms with Crippen LogP contribution in [0.1, 0.15) is 25.3 Å². The SMILES string of the molecule is CC(C)c1cccc(-n2c(=S)[nH]c3cc(Br)ccc32)c1. The molecule has 3 aromatic rings. The van der Waals surface area contributed by atoms with Crippen molar-refractivity contribution in [1.82, 2.24) is 9.55 Å². The highest BCUT2D eigenvalue weighted by molar-refractivity contribution is 9.10. The van der Waals surface area contributed by atoms with E-state index in [9.17, 15) is 0 Å². The van der Waals surface area contributed by atoms with E-state index in [0.717, 1.165) is 26.0 Å².